The molecule has 0 aromatic carbocycles. The predicted molar refractivity (Wildman–Crippen MR) is 89.6 cm³/mol. The first kappa shape index (κ1) is 17.2. The van der Waals surface area contributed by atoms with Gasteiger partial charge in [-0.2, -0.15) is 0 Å². The van der Waals surface area contributed by atoms with Crippen LogP contribution in [0.5, 0.6) is 0 Å². The number of hydrogen-bond donors (Lipinski definition) is 1. The SMILES string of the molecule is CCNCC1(CN(C)CC2CCCOC2)CCCC(C)C1. The van der Waals surface area contributed by atoms with Crippen LogP contribution >= 0.6 is 0 Å². The summed E-state index contributed by atoms with van der Waals surface area (Å²) in [7, 11) is 2.32. The summed E-state index contributed by atoms with van der Waals surface area (Å²) in [5.41, 5.74) is 0.498. The molecule has 1 saturated heterocycles. The van der Waals surface area contributed by atoms with Crippen LogP contribution in [0.4, 0.5) is 0 Å². The lowest BCUT2D eigenvalue weighted by Crippen LogP contribution is -2.47. The van der Waals surface area contributed by atoms with Gasteiger partial charge in [0.25, 0.3) is 0 Å². The quantitative estimate of drug-likeness (QED) is 0.781. The third kappa shape index (κ3) is 5.54. The van der Waals surface area contributed by atoms with Crippen LogP contribution in [0.15, 0.2) is 0 Å². The summed E-state index contributed by atoms with van der Waals surface area (Å²) >= 11 is 0. The van der Waals surface area contributed by atoms with Gasteiger partial charge in [-0.3, -0.25) is 0 Å². The molecule has 124 valence electrons. The zero-order valence-corrected chi connectivity index (χ0v) is 14.5. The van der Waals surface area contributed by atoms with E-state index >= 15 is 0 Å². The van der Waals surface area contributed by atoms with Gasteiger partial charge in [0, 0.05) is 26.2 Å². The van der Waals surface area contributed by atoms with Crippen molar-refractivity contribution in [1.29, 1.82) is 0 Å². The Labute approximate surface area is 131 Å². The lowest BCUT2D eigenvalue weighted by Gasteiger charge is -2.43. The Kier molecular flexibility index (Phi) is 6.97. The Bertz CT molecular complexity index is 291. The maximum Gasteiger partial charge on any atom is 0.0506 e. The largest absolute Gasteiger partial charge is 0.381 e. The van der Waals surface area contributed by atoms with Crippen LogP contribution in [0.1, 0.15) is 52.4 Å². The standard InChI is InChI=1S/C18H36N2O/c1-4-19-14-18(9-5-7-16(2)11-18)15-20(3)12-17-8-6-10-21-13-17/h16-17,19H,4-15H2,1-3H3. The molecule has 2 aliphatic rings. The molecule has 0 aromatic rings. The van der Waals surface area contributed by atoms with Gasteiger partial charge in [0.2, 0.25) is 0 Å². The van der Waals surface area contributed by atoms with E-state index < -0.39 is 0 Å². The molecule has 0 spiro atoms. The van der Waals surface area contributed by atoms with Crippen molar-refractivity contribution < 1.29 is 4.74 Å². The number of rotatable bonds is 7. The number of nitrogens with one attached hydrogen (secondary N) is 1. The molecule has 1 saturated carbocycles. The van der Waals surface area contributed by atoms with Crippen LogP contribution in [-0.2, 0) is 4.74 Å². The molecule has 1 aliphatic heterocycles. The second-order valence-corrected chi connectivity index (χ2v) is 7.76. The van der Waals surface area contributed by atoms with E-state index in [9.17, 15) is 0 Å². The maximum absolute atomic E-state index is 5.64. The van der Waals surface area contributed by atoms with E-state index in [0.29, 0.717) is 5.41 Å². The molecule has 1 N–H and O–H groups in total. The highest BCUT2D eigenvalue weighted by molar-refractivity contribution is 4.89. The number of hydrogen-bond acceptors (Lipinski definition) is 3. The average molecular weight is 296 g/mol. The van der Waals surface area contributed by atoms with Gasteiger partial charge >= 0.3 is 0 Å². The molecule has 21 heavy (non-hydrogen) atoms. The molecule has 0 amide bonds. The van der Waals surface area contributed by atoms with Crippen LogP contribution in [-0.4, -0.2) is 51.3 Å². The van der Waals surface area contributed by atoms with Gasteiger partial charge in [-0.1, -0.05) is 26.7 Å². The molecule has 2 fully saturated rings. The minimum Gasteiger partial charge on any atom is -0.381 e. The Hall–Kier alpha value is -0.120. The number of ether oxygens (including phenoxy) is 1. The zero-order chi connectivity index (χ0) is 15.1. The highest BCUT2D eigenvalue weighted by Gasteiger charge is 2.35. The van der Waals surface area contributed by atoms with E-state index in [1.807, 2.05) is 0 Å². The van der Waals surface area contributed by atoms with E-state index in [4.69, 9.17) is 4.74 Å². The van der Waals surface area contributed by atoms with Crippen molar-refractivity contribution in [3.63, 3.8) is 0 Å². The first-order valence-electron chi connectivity index (χ1n) is 9.10. The van der Waals surface area contributed by atoms with Gasteiger partial charge in [-0.15, -0.1) is 0 Å². The van der Waals surface area contributed by atoms with Crippen LogP contribution in [0.3, 0.4) is 0 Å². The first-order chi connectivity index (χ1) is 10.1. The first-order valence-corrected chi connectivity index (χ1v) is 9.10. The van der Waals surface area contributed by atoms with Crippen molar-refractivity contribution >= 4 is 0 Å². The lowest BCUT2D eigenvalue weighted by atomic mass is 9.69. The van der Waals surface area contributed by atoms with Gasteiger partial charge in [0.05, 0.1) is 6.61 Å². The molecule has 0 bridgehead atoms. The molecule has 0 aromatic heterocycles. The topological polar surface area (TPSA) is 24.5 Å². The molecule has 3 atom stereocenters. The minimum atomic E-state index is 0.498. The van der Waals surface area contributed by atoms with Crippen molar-refractivity contribution in [2.45, 2.75) is 52.4 Å². The second kappa shape index (κ2) is 8.50. The van der Waals surface area contributed by atoms with Crippen LogP contribution in [0, 0.1) is 17.3 Å². The Morgan fingerprint density at radius 1 is 1.29 bits per heavy atom. The van der Waals surface area contributed by atoms with Crippen molar-refractivity contribution in [2.75, 3.05) is 46.4 Å². The van der Waals surface area contributed by atoms with E-state index in [1.165, 1.54) is 58.2 Å². The monoisotopic (exact) mass is 296 g/mol. The summed E-state index contributed by atoms with van der Waals surface area (Å²) < 4.78 is 5.64. The predicted octanol–water partition coefficient (Wildman–Crippen LogP) is 3.15. The molecule has 3 heteroatoms. The van der Waals surface area contributed by atoms with Crippen LogP contribution in [0.2, 0.25) is 0 Å². The summed E-state index contributed by atoms with van der Waals surface area (Å²) in [5.74, 6) is 1.64. The molecule has 1 aliphatic carbocycles. The molecular weight excluding hydrogens is 260 g/mol. The zero-order valence-electron chi connectivity index (χ0n) is 14.5. The van der Waals surface area contributed by atoms with Crippen molar-refractivity contribution in [1.82, 2.24) is 10.2 Å². The third-order valence-electron chi connectivity index (χ3n) is 5.37. The highest BCUT2D eigenvalue weighted by Crippen LogP contribution is 2.39. The van der Waals surface area contributed by atoms with Crippen molar-refractivity contribution in [2.24, 2.45) is 17.3 Å². The second-order valence-electron chi connectivity index (χ2n) is 7.76. The van der Waals surface area contributed by atoms with E-state index in [2.05, 4.69) is 31.1 Å². The normalized spacial score (nSPS) is 34.3. The molecule has 2 rings (SSSR count). The molecule has 1 heterocycles. The third-order valence-corrected chi connectivity index (χ3v) is 5.37. The fourth-order valence-corrected chi connectivity index (χ4v) is 4.55. The van der Waals surface area contributed by atoms with Gasteiger partial charge < -0.3 is 15.0 Å². The highest BCUT2D eigenvalue weighted by atomic mass is 16.5. The Morgan fingerprint density at radius 2 is 2.14 bits per heavy atom. The summed E-state index contributed by atoms with van der Waals surface area (Å²) in [6.45, 7) is 11.4. The van der Waals surface area contributed by atoms with E-state index in [0.717, 1.165) is 31.6 Å². The van der Waals surface area contributed by atoms with E-state index in [1.54, 1.807) is 0 Å². The Balaban J connectivity index is 1.87. The van der Waals surface area contributed by atoms with Crippen LogP contribution < -0.4 is 5.32 Å². The minimum absolute atomic E-state index is 0.498. The summed E-state index contributed by atoms with van der Waals surface area (Å²) in [5, 5.41) is 3.64. The van der Waals surface area contributed by atoms with Gasteiger partial charge in [0.15, 0.2) is 0 Å². The lowest BCUT2D eigenvalue weighted by molar-refractivity contribution is 0.0281. The summed E-state index contributed by atoms with van der Waals surface area (Å²) in [6.07, 6.45) is 8.22. The maximum atomic E-state index is 5.64. The average Bonchev–Trinajstić information content (AvgIpc) is 2.46. The molecule has 3 nitrogen and oxygen atoms in total. The molecular formula is C18H36N2O. The Morgan fingerprint density at radius 3 is 2.81 bits per heavy atom. The van der Waals surface area contributed by atoms with Crippen molar-refractivity contribution in [3.05, 3.63) is 0 Å². The van der Waals surface area contributed by atoms with Gasteiger partial charge in [0.1, 0.15) is 0 Å². The fraction of sp³-hybridized carbons (Fsp3) is 1.00. The fourth-order valence-electron chi connectivity index (χ4n) is 4.55. The summed E-state index contributed by atoms with van der Waals surface area (Å²) in [4.78, 5) is 2.59. The van der Waals surface area contributed by atoms with E-state index in [-0.39, 0.29) is 0 Å². The molecule has 0 radical (unpaired) electrons. The smallest absolute Gasteiger partial charge is 0.0506 e. The summed E-state index contributed by atoms with van der Waals surface area (Å²) in [6, 6.07) is 0. The van der Waals surface area contributed by atoms with Crippen molar-refractivity contribution in [3.8, 4) is 0 Å². The van der Waals surface area contributed by atoms with Gasteiger partial charge in [-0.05, 0) is 56.5 Å². The molecule has 3 unspecified atom stereocenters. The van der Waals surface area contributed by atoms with Gasteiger partial charge in [-0.25, -0.2) is 0 Å². The number of nitrogens with zero attached hydrogens (tertiary/aromatic N) is 1. The van der Waals surface area contributed by atoms with Crippen LogP contribution in [0.25, 0.3) is 0 Å².